The number of benzene rings is 1. The topological polar surface area (TPSA) is 52.7 Å². The third-order valence-electron chi connectivity index (χ3n) is 4.24. The van der Waals surface area contributed by atoms with Crippen molar-refractivity contribution in [3.05, 3.63) is 35.4 Å². The van der Waals surface area contributed by atoms with E-state index in [2.05, 4.69) is 4.72 Å². The van der Waals surface area contributed by atoms with E-state index >= 15 is 0 Å². The van der Waals surface area contributed by atoms with Crippen LogP contribution < -0.4 is 9.62 Å². The minimum atomic E-state index is -2.66. The summed E-state index contributed by atoms with van der Waals surface area (Å²) in [4.78, 5) is 1.79. The number of hydrogen-bond donors (Lipinski definition) is 1. The van der Waals surface area contributed by atoms with E-state index in [9.17, 15) is 17.2 Å². The zero-order valence-corrected chi connectivity index (χ0v) is 18.5. The van der Waals surface area contributed by atoms with E-state index in [-0.39, 0.29) is 25.9 Å². The van der Waals surface area contributed by atoms with Gasteiger partial charge in [0.15, 0.2) is 11.0 Å². The smallest absolute Gasteiger partial charge is 0.251 e. The summed E-state index contributed by atoms with van der Waals surface area (Å²) in [7, 11) is 0.492. The lowest BCUT2D eigenvalue weighted by Gasteiger charge is -2.35. The predicted molar refractivity (Wildman–Crippen MR) is 112 cm³/mol. The molecular weight excluding hydrogens is 448 g/mol. The maximum Gasteiger partial charge on any atom is 0.251 e. The van der Waals surface area contributed by atoms with Gasteiger partial charge in [-0.25, -0.2) is 21.5 Å². The van der Waals surface area contributed by atoms with E-state index in [1.165, 1.54) is 11.3 Å². The average molecular weight is 468 g/mol. The number of halogens is 3. The van der Waals surface area contributed by atoms with Crippen LogP contribution in [0.25, 0.3) is 0 Å². The van der Waals surface area contributed by atoms with Gasteiger partial charge in [-0.15, -0.1) is 11.3 Å². The molecule has 1 N–H and O–H groups in total. The van der Waals surface area contributed by atoms with Crippen LogP contribution in [0.15, 0.2) is 38.8 Å². The van der Waals surface area contributed by atoms with Gasteiger partial charge in [0.1, 0.15) is 19.4 Å². The molecule has 1 aliphatic heterocycles. The Balaban J connectivity index is 1.80. The molecule has 0 spiro atoms. The summed E-state index contributed by atoms with van der Waals surface area (Å²) in [6, 6.07) is 8.46. The van der Waals surface area contributed by atoms with E-state index < -0.39 is 27.9 Å². The van der Waals surface area contributed by atoms with Crippen LogP contribution in [0.3, 0.4) is 0 Å². The van der Waals surface area contributed by atoms with Crippen molar-refractivity contribution in [1.29, 1.82) is 0 Å². The van der Waals surface area contributed by atoms with Gasteiger partial charge in [0.25, 0.3) is 5.92 Å². The van der Waals surface area contributed by atoms with Crippen molar-refractivity contribution in [2.75, 3.05) is 36.8 Å². The summed E-state index contributed by atoms with van der Waals surface area (Å²) < 4.78 is 57.5. The van der Waals surface area contributed by atoms with Gasteiger partial charge in [-0.05, 0) is 38.4 Å². The Labute approximate surface area is 176 Å². The second-order valence-corrected chi connectivity index (χ2v) is 11.3. The average Bonchev–Trinajstić information content (AvgIpc) is 3.12. The zero-order valence-electron chi connectivity index (χ0n) is 15.3. The molecule has 2 unspecified atom stereocenters. The Morgan fingerprint density at radius 2 is 1.79 bits per heavy atom. The normalized spacial score (nSPS) is 18.9. The fraction of sp³-hybridized carbons (Fsp3) is 0.412. The summed E-state index contributed by atoms with van der Waals surface area (Å²) in [6.45, 7) is 0.339. The first-order valence-electron chi connectivity index (χ1n) is 8.47. The number of nitrogens with zero attached hydrogens (tertiary/aromatic N) is 2. The summed E-state index contributed by atoms with van der Waals surface area (Å²) in [5.41, 5.74) is 1.08. The van der Waals surface area contributed by atoms with Crippen LogP contribution in [0.1, 0.15) is 12.8 Å². The number of anilines is 2. The number of para-hydroxylation sites is 1. The molecule has 2 heterocycles. The molecule has 1 saturated heterocycles. The van der Waals surface area contributed by atoms with E-state index in [0.717, 1.165) is 0 Å². The van der Waals surface area contributed by atoms with Gasteiger partial charge >= 0.3 is 0 Å². The maximum absolute atomic E-state index is 13.5. The van der Waals surface area contributed by atoms with E-state index in [1.54, 1.807) is 53.6 Å². The lowest BCUT2D eigenvalue weighted by atomic mass is 10.1. The Hall–Kier alpha value is -1.07. The van der Waals surface area contributed by atoms with E-state index in [4.69, 9.17) is 11.6 Å². The van der Waals surface area contributed by atoms with Gasteiger partial charge in [0.05, 0.1) is 16.4 Å². The lowest BCUT2D eigenvalue weighted by Crippen LogP contribution is -2.39. The highest BCUT2D eigenvalue weighted by molar-refractivity contribution is 7.90. The fourth-order valence-electron chi connectivity index (χ4n) is 2.80. The molecule has 0 radical (unpaired) electrons. The molecule has 3 rings (SSSR count). The molecule has 0 bridgehead atoms. The van der Waals surface area contributed by atoms with Crippen molar-refractivity contribution < 1.29 is 17.2 Å². The number of thiophene rings is 1. The molecule has 28 heavy (non-hydrogen) atoms. The Kier molecular flexibility index (Phi) is 6.76. The SMILES string of the molecule is CN(C)S(=O)c1ccc(S(=O)Nc2cccc(Cl)c2N2CCC(F)(F)CC2)s1. The highest BCUT2D eigenvalue weighted by Gasteiger charge is 2.35. The molecule has 2 aromatic rings. The number of alkyl halides is 2. The van der Waals surface area contributed by atoms with Gasteiger partial charge < -0.3 is 4.90 Å². The van der Waals surface area contributed by atoms with Crippen LogP contribution in [0, 0.1) is 0 Å². The monoisotopic (exact) mass is 467 g/mol. The summed E-state index contributed by atoms with van der Waals surface area (Å²) in [5.74, 6) is -2.66. The maximum atomic E-state index is 13.5. The van der Waals surface area contributed by atoms with Crippen LogP contribution in [-0.2, 0) is 22.0 Å². The van der Waals surface area contributed by atoms with Crippen LogP contribution in [0.2, 0.25) is 5.02 Å². The highest BCUT2D eigenvalue weighted by Crippen LogP contribution is 2.39. The number of hydrogen-bond acceptors (Lipinski definition) is 4. The second kappa shape index (κ2) is 8.74. The van der Waals surface area contributed by atoms with Crippen LogP contribution in [0.5, 0.6) is 0 Å². The largest absolute Gasteiger partial charge is 0.368 e. The summed E-state index contributed by atoms with van der Waals surface area (Å²) in [6.07, 6.45) is -0.489. The molecule has 154 valence electrons. The zero-order chi connectivity index (χ0) is 20.5. The molecular formula is C17H20ClF2N3O2S3. The summed E-state index contributed by atoms with van der Waals surface area (Å²) >= 11 is 7.52. The summed E-state index contributed by atoms with van der Waals surface area (Å²) in [5, 5.41) is 0.410. The number of rotatable bonds is 6. The number of piperidine rings is 1. The lowest BCUT2D eigenvalue weighted by molar-refractivity contribution is -0.0220. The van der Waals surface area contributed by atoms with Crippen molar-refractivity contribution >= 4 is 56.3 Å². The van der Waals surface area contributed by atoms with Crippen LogP contribution in [0.4, 0.5) is 20.2 Å². The molecule has 0 saturated carbocycles. The number of nitrogens with one attached hydrogen (secondary N) is 1. The molecule has 0 amide bonds. The second-order valence-electron chi connectivity index (χ2n) is 6.48. The fourth-order valence-corrected chi connectivity index (χ4v) is 6.63. The highest BCUT2D eigenvalue weighted by atomic mass is 35.5. The molecule has 1 aliphatic rings. The molecule has 0 aliphatic carbocycles. The first-order chi connectivity index (χ1) is 13.2. The van der Waals surface area contributed by atoms with E-state index in [1.807, 2.05) is 0 Å². The minimum Gasteiger partial charge on any atom is -0.368 e. The molecule has 1 aromatic heterocycles. The Morgan fingerprint density at radius 3 is 2.43 bits per heavy atom. The van der Waals surface area contributed by atoms with Crippen molar-refractivity contribution in [3.63, 3.8) is 0 Å². The first kappa shape index (κ1) is 21.6. The van der Waals surface area contributed by atoms with Gasteiger partial charge in [0, 0.05) is 25.9 Å². The van der Waals surface area contributed by atoms with Crippen molar-refractivity contribution in [3.8, 4) is 0 Å². The molecule has 11 heteroatoms. The van der Waals surface area contributed by atoms with Crippen LogP contribution in [-0.4, -0.2) is 45.8 Å². The molecule has 1 fully saturated rings. The Morgan fingerprint density at radius 1 is 1.14 bits per heavy atom. The van der Waals surface area contributed by atoms with Gasteiger partial charge in [0.2, 0.25) is 0 Å². The van der Waals surface area contributed by atoms with Crippen LogP contribution >= 0.6 is 22.9 Å². The standard InChI is InChI=1S/C17H20ClF2N3O2S3/c1-22(2)28(25)15-7-6-14(26-15)27(24)21-13-5-3-4-12(18)16(13)23-10-8-17(19,20)9-11-23/h3-7,21H,8-11H2,1-2H3. The van der Waals surface area contributed by atoms with Crippen molar-refractivity contribution in [2.45, 2.75) is 27.2 Å². The quantitative estimate of drug-likeness (QED) is 0.687. The third kappa shape index (κ3) is 4.91. The predicted octanol–water partition coefficient (Wildman–Crippen LogP) is 4.36. The molecule has 5 nitrogen and oxygen atoms in total. The first-order valence-corrected chi connectivity index (χ1v) is 11.9. The van der Waals surface area contributed by atoms with E-state index in [0.29, 0.717) is 24.8 Å². The van der Waals surface area contributed by atoms with Crippen molar-refractivity contribution in [2.24, 2.45) is 0 Å². The molecule has 1 aromatic carbocycles. The Bertz CT molecular complexity index is 898. The van der Waals surface area contributed by atoms with Crippen molar-refractivity contribution in [1.82, 2.24) is 4.31 Å². The van der Waals surface area contributed by atoms with Gasteiger partial charge in [-0.3, -0.25) is 4.72 Å². The third-order valence-corrected chi connectivity index (χ3v) is 8.66. The molecule has 2 atom stereocenters. The minimum absolute atomic E-state index is 0.170. The van der Waals surface area contributed by atoms with Gasteiger partial charge in [-0.1, -0.05) is 17.7 Å². The van der Waals surface area contributed by atoms with Gasteiger partial charge in [-0.2, -0.15) is 0 Å².